The van der Waals surface area contributed by atoms with Gasteiger partial charge in [-0.15, -0.1) is 11.6 Å². The van der Waals surface area contributed by atoms with Gasteiger partial charge in [0.25, 0.3) is 0 Å². The third-order valence-corrected chi connectivity index (χ3v) is 10.8. The molecule has 0 amide bonds. The van der Waals surface area contributed by atoms with Gasteiger partial charge in [0.1, 0.15) is 30.0 Å². The molecule has 264 valence electrons. The van der Waals surface area contributed by atoms with E-state index < -0.39 is 94.2 Å². The monoisotopic (exact) mass is 684 g/mol. The molecule has 13 heteroatoms. The van der Waals surface area contributed by atoms with E-state index in [0.29, 0.717) is 5.57 Å². The smallest absolute Gasteiger partial charge is 0.312 e. The van der Waals surface area contributed by atoms with E-state index >= 15 is 0 Å². The zero-order valence-corrected chi connectivity index (χ0v) is 29.3. The molecule has 0 aromatic heterocycles. The zero-order valence-electron chi connectivity index (χ0n) is 28.5. The molecule has 0 aromatic rings. The van der Waals surface area contributed by atoms with Gasteiger partial charge in [0, 0.05) is 39.0 Å². The van der Waals surface area contributed by atoms with Gasteiger partial charge >= 0.3 is 29.8 Å². The average molecular weight is 685 g/mol. The van der Waals surface area contributed by atoms with Gasteiger partial charge in [-0.1, -0.05) is 46.8 Å². The first-order valence-electron chi connectivity index (χ1n) is 16.4. The summed E-state index contributed by atoms with van der Waals surface area (Å²) >= 11 is 6.88. The number of carbonyl (C=O) groups excluding carboxylic acids is 5. The molecule has 0 bridgehead atoms. The molecule has 12 nitrogen and oxygen atoms in total. The van der Waals surface area contributed by atoms with Crippen molar-refractivity contribution < 1.29 is 57.5 Å². The summed E-state index contributed by atoms with van der Waals surface area (Å²) in [6, 6.07) is 0. The number of rotatable bonds is 8. The van der Waals surface area contributed by atoms with Crippen LogP contribution in [-0.4, -0.2) is 88.7 Å². The van der Waals surface area contributed by atoms with Crippen molar-refractivity contribution in [2.75, 3.05) is 6.61 Å². The first kappa shape index (κ1) is 37.1. The Balaban J connectivity index is 2.03. The lowest BCUT2D eigenvalue weighted by Gasteiger charge is -2.58. The van der Waals surface area contributed by atoms with Crippen LogP contribution in [0.1, 0.15) is 87.5 Å². The summed E-state index contributed by atoms with van der Waals surface area (Å²) in [5, 5.41) is 11.7. The molecule has 2 aliphatic carbocycles. The number of epoxide rings is 1. The van der Waals surface area contributed by atoms with Crippen LogP contribution in [0.4, 0.5) is 0 Å². The highest BCUT2D eigenvalue weighted by molar-refractivity contribution is 6.23. The predicted molar refractivity (Wildman–Crippen MR) is 167 cm³/mol. The Hall–Kier alpha value is -2.70. The second-order valence-electron chi connectivity index (χ2n) is 14.7. The highest BCUT2D eigenvalue weighted by atomic mass is 35.5. The Labute approximate surface area is 281 Å². The van der Waals surface area contributed by atoms with Crippen LogP contribution in [-0.2, 0) is 52.4 Å². The van der Waals surface area contributed by atoms with Crippen molar-refractivity contribution in [1.29, 1.82) is 0 Å². The first-order chi connectivity index (χ1) is 21.8. The normalized spacial score (nSPS) is 39.8. The SMILES string of the molecule is C=C1CC[C@H](OC(C)=O)[C@@]2(C)[C@H](OC(=O)CC(C)C)C[C@@H](OC(=O)CC(C)C)[C@]3(CO3)[C@@H]2C(OC(C)=O)[C@]2(O)[C@@H](C)C(=O)O[C@H]2[C@H]1Cl. The van der Waals surface area contributed by atoms with Crippen molar-refractivity contribution in [2.45, 2.75) is 135 Å². The first-order valence-corrected chi connectivity index (χ1v) is 16.8. The summed E-state index contributed by atoms with van der Waals surface area (Å²) in [6.07, 6.45) is -5.71. The van der Waals surface area contributed by atoms with E-state index in [1.165, 1.54) is 13.8 Å². The minimum absolute atomic E-state index is 0.00500. The van der Waals surface area contributed by atoms with Crippen molar-refractivity contribution in [3.63, 3.8) is 0 Å². The Morgan fingerprint density at radius 1 is 0.957 bits per heavy atom. The van der Waals surface area contributed by atoms with Crippen LogP contribution < -0.4 is 0 Å². The van der Waals surface area contributed by atoms with Gasteiger partial charge in [-0.05, 0) is 31.6 Å². The van der Waals surface area contributed by atoms with E-state index in [1.807, 2.05) is 27.7 Å². The van der Waals surface area contributed by atoms with E-state index in [9.17, 15) is 29.1 Å². The van der Waals surface area contributed by atoms with Gasteiger partial charge in [-0.3, -0.25) is 24.0 Å². The average Bonchev–Trinajstić information content (AvgIpc) is 3.69. The number of hydrogen-bond donors (Lipinski definition) is 1. The van der Waals surface area contributed by atoms with E-state index in [1.54, 1.807) is 6.92 Å². The molecule has 2 saturated carbocycles. The molecule has 4 aliphatic rings. The van der Waals surface area contributed by atoms with Crippen molar-refractivity contribution in [1.82, 2.24) is 0 Å². The van der Waals surface area contributed by atoms with Crippen LogP contribution >= 0.6 is 11.6 Å². The molecule has 1 spiro atoms. The van der Waals surface area contributed by atoms with Crippen molar-refractivity contribution in [2.24, 2.45) is 29.1 Å². The summed E-state index contributed by atoms with van der Waals surface area (Å²) in [5.41, 5.74) is -4.72. The lowest BCUT2D eigenvalue weighted by atomic mass is 9.51. The number of fused-ring (bicyclic) bond motifs is 3. The number of halogens is 1. The fourth-order valence-corrected chi connectivity index (χ4v) is 8.21. The van der Waals surface area contributed by atoms with E-state index in [2.05, 4.69) is 6.58 Å². The Kier molecular flexibility index (Phi) is 10.8. The third kappa shape index (κ3) is 6.92. The maximum Gasteiger partial charge on any atom is 0.312 e. The lowest BCUT2D eigenvalue weighted by Crippen LogP contribution is -2.72. The minimum atomic E-state index is -2.27. The van der Waals surface area contributed by atoms with Gasteiger partial charge in [-0.25, -0.2) is 0 Å². The van der Waals surface area contributed by atoms with Gasteiger partial charge in [0.2, 0.25) is 0 Å². The van der Waals surface area contributed by atoms with Crippen molar-refractivity contribution in [3.05, 3.63) is 12.2 Å². The van der Waals surface area contributed by atoms with Crippen LogP contribution in [0.15, 0.2) is 12.2 Å². The maximum absolute atomic E-state index is 13.4. The summed E-state index contributed by atoms with van der Waals surface area (Å²) in [5.74, 6) is -5.77. The maximum atomic E-state index is 13.4. The molecule has 0 aromatic carbocycles. The third-order valence-electron chi connectivity index (χ3n) is 10.2. The van der Waals surface area contributed by atoms with E-state index in [4.69, 9.17) is 40.0 Å². The molecule has 0 radical (unpaired) electrons. The summed E-state index contributed by atoms with van der Waals surface area (Å²) in [4.78, 5) is 65.5. The topological polar surface area (TPSA) is 164 Å². The Morgan fingerprint density at radius 2 is 1.49 bits per heavy atom. The van der Waals surface area contributed by atoms with Crippen LogP contribution in [0, 0.1) is 29.1 Å². The van der Waals surface area contributed by atoms with Crippen LogP contribution in [0.25, 0.3) is 0 Å². The molecule has 1 N–H and O–H groups in total. The summed E-state index contributed by atoms with van der Waals surface area (Å²) < 4.78 is 36.2. The fraction of sp³-hybridized carbons (Fsp3) is 0.794. The quantitative estimate of drug-likeness (QED) is 0.129. The van der Waals surface area contributed by atoms with Crippen LogP contribution in [0.3, 0.4) is 0 Å². The van der Waals surface area contributed by atoms with E-state index in [-0.39, 0.29) is 50.5 Å². The summed E-state index contributed by atoms with van der Waals surface area (Å²) in [7, 11) is 0. The fourth-order valence-electron chi connectivity index (χ4n) is 7.85. The molecular weight excluding hydrogens is 636 g/mol. The molecule has 2 aliphatic heterocycles. The number of carbonyl (C=O) groups is 5. The Bertz CT molecular complexity index is 1280. The highest BCUT2D eigenvalue weighted by Gasteiger charge is 2.78. The second kappa shape index (κ2) is 13.7. The zero-order chi connectivity index (χ0) is 35.2. The molecule has 2 heterocycles. The number of hydrogen-bond acceptors (Lipinski definition) is 12. The number of ether oxygens (including phenoxy) is 6. The molecule has 2 saturated heterocycles. The Morgan fingerprint density at radius 3 is 1.98 bits per heavy atom. The molecule has 1 unspecified atom stereocenters. The molecule has 4 rings (SSSR count). The summed E-state index contributed by atoms with van der Waals surface area (Å²) in [6.45, 7) is 17.1. The van der Waals surface area contributed by atoms with Crippen molar-refractivity contribution >= 4 is 41.4 Å². The minimum Gasteiger partial charge on any atom is -0.462 e. The molecule has 4 fully saturated rings. The van der Waals surface area contributed by atoms with Gasteiger partial charge in [-0.2, -0.15) is 0 Å². The molecule has 11 atom stereocenters. The number of aliphatic hydroxyl groups is 1. The largest absolute Gasteiger partial charge is 0.462 e. The lowest BCUT2D eigenvalue weighted by molar-refractivity contribution is -0.260. The predicted octanol–water partition coefficient (Wildman–Crippen LogP) is 3.81. The van der Waals surface area contributed by atoms with E-state index in [0.717, 1.165) is 6.92 Å². The molecular formula is C34H49ClO12. The highest BCUT2D eigenvalue weighted by Crippen LogP contribution is 2.63. The number of alkyl halides is 1. The van der Waals surface area contributed by atoms with Crippen LogP contribution in [0.2, 0.25) is 0 Å². The standard InChI is InChI=1S/C34H49ClO12/c1-16(2)12-25(38)45-23-14-24(46-26(39)13-17(3)4)33(15-42-33)28-30(44-21(8)37)34(41)19(6)31(40)47-29(34)27(35)18(5)10-11-22(32(23,28)9)43-20(7)36/h16-17,19,22-24,27-30,41H,5,10-15H2,1-4,6-9H3/t19-,22-,23+,24+,27-,28+,29-,30?,32-,33+,34-/m0/s1. The van der Waals surface area contributed by atoms with Gasteiger partial charge < -0.3 is 33.5 Å². The van der Waals surface area contributed by atoms with Gasteiger partial charge in [0.05, 0.1) is 23.3 Å². The molecule has 47 heavy (non-hydrogen) atoms. The second-order valence-corrected chi connectivity index (χ2v) is 15.1. The van der Waals surface area contributed by atoms with Crippen molar-refractivity contribution in [3.8, 4) is 0 Å². The number of esters is 5. The van der Waals surface area contributed by atoms with Crippen LogP contribution in [0.5, 0.6) is 0 Å². The van der Waals surface area contributed by atoms with Gasteiger partial charge in [0.15, 0.2) is 11.7 Å².